The molecule has 138 valence electrons. The molecule has 0 spiro atoms. The summed E-state index contributed by atoms with van der Waals surface area (Å²) in [7, 11) is 0. The molecule has 0 unspecified atom stereocenters. The van der Waals surface area contributed by atoms with Crippen molar-refractivity contribution in [3.05, 3.63) is 57.5 Å². The Morgan fingerprint density at radius 1 is 1.12 bits per heavy atom. The minimum Gasteiger partial charge on any atom is -0.341 e. The highest BCUT2D eigenvalue weighted by molar-refractivity contribution is 7.09. The number of hydrogen-bond donors (Lipinski definition) is 0. The lowest BCUT2D eigenvalue weighted by atomic mass is 10.1. The van der Waals surface area contributed by atoms with Gasteiger partial charge in [0.15, 0.2) is 0 Å². The van der Waals surface area contributed by atoms with Gasteiger partial charge >= 0.3 is 0 Å². The second-order valence-electron chi connectivity index (χ2n) is 6.57. The molecule has 1 saturated heterocycles. The van der Waals surface area contributed by atoms with E-state index in [1.165, 1.54) is 17.0 Å². The van der Waals surface area contributed by atoms with Gasteiger partial charge in [0.05, 0.1) is 0 Å². The molecule has 1 aliphatic heterocycles. The quantitative estimate of drug-likeness (QED) is 0.822. The van der Waals surface area contributed by atoms with Gasteiger partial charge in [0, 0.05) is 43.0 Å². The maximum Gasteiger partial charge on any atom is 0.253 e. The highest BCUT2D eigenvalue weighted by Gasteiger charge is 2.23. The normalized spacial score (nSPS) is 15.0. The monoisotopic (exact) mass is 374 g/mol. The summed E-state index contributed by atoms with van der Waals surface area (Å²) in [4.78, 5) is 30.0. The molecule has 2 heterocycles. The molecule has 0 aliphatic carbocycles. The van der Waals surface area contributed by atoms with Gasteiger partial charge in [-0.1, -0.05) is 6.07 Å². The van der Waals surface area contributed by atoms with Crippen molar-refractivity contribution in [3.63, 3.8) is 0 Å². The number of aryl methyl sites for hydroxylation is 2. The van der Waals surface area contributed by atoms with Crippen LogP contribution in [0.4, 0.5) is 4.39 Å². The number of amides is 2. The van der Waals surface area contributed by atoms with E-state index < -0.39 is 0 Å². The van der Waals surface area contributed by atoms with Crippen LogP contribution in [0.3, 0.4) is 0 Å². The van der Waals surface area contributed by atoms with Gasteiger partial charge in [0.2, 0.25) is 5.91 Å². The van der Waals surface area contributed by atoms with Gasteiger partial charge < -0.3 is 9.80 Å². The van der Waals surface area contributed by atoms with Crippen LogP contribution in [0.5, 0.6) is 0 Å². The van der Waals surface area contributed by atoms with Crippen molar-refractivity contribution in [2.45, 2.75) is 26.2 Å². The van der Waals surface area contributed by atoms with Crippen molar-refractivity contribution in [2.24, 2.45) is 0 Å². The Morgan fingerprint density at radius 2 is 1.88 bits per heavy atom. The molecule has 2 aromatic rings. The lowest BCUT2D eigenvalue weighted by molar-refractivity contribution is -0.131. The first-order chi connectivity index (χ1) is 12.5. The van der Waals surface area contributed by atoms with Gasteiger partial charge in [0.25, 0.3) is 5.91 Å². The van der Waals surface area contributed by atoms with Crippen LogP contribution in [0.15, 0.2) is 35.7 Å². The third-order valence-corrected chi connectivity index (χ3v) is 5.64. The summed E-state index contributed by atoms with van der Waals surface area (Å²) < 4.78 is 13.4. The number of nitrogens with zero attached hydrogens (tertiary/aromatic N) is 2. The summed E-state index contributed by atoms with van der Waals surface area (Å²) in [5.41, 5.74) is 0.970. The molecule has 0 saturated carbocycles. The molecule has 1 aromatic carbocycles. The largest absolute Gasteiger partial charge is 0.341 e. The first-order valence-electron chi connectivity index (χ1n) is 8.90. The predicted molar refractivity (Wildman–Crippen MR) is 101 cm³/mol. The zero-order chi connectivity index (χ0) is 18.5. The molecule has 0 N–H and O–H groups in total. The maximum absolute atomic E-state index is 13.4. The average Bonchev–Trinajstić information content (AvgIpc) is 3.04. The van der Waals surface area contributed by atoms with Gasteiger partial charge in [-0.25, -0.2) is 4.39 Å². The first kappa shape index (κ1) is 18.6. The van der Waals surface area contributed by atoms with Gasteiger partial charge in [0.1, 0.15) is 5.82 Å². The molecule has 1 aliphatic rings. The van der Waals surface area contributed by atoms with Crippen molar-refractivity contribution in [1.29, 1.82) is 0 Å². The second-order valence-corrected chi connectivity index (χ2v) is 7.60. The average molecular weight is 374 g/mol. The number of carbonyl (C=O) groups excluding carboxylic acids is 2. The van der Waals surface area contributed by atoms with Crippen LogP contribution in [-0.4, -0.2) is 47.8 Å². The third kappa shape index (κ3) is 4.49. The summed E-state index contributed by atoms with van der Waals surface area (Å²) >= 11 is 1.67. The topological polar surface area (TPSA) is 40.6 Å². The summed E-state index contributed by atoms with van der Waals surface area (Å²) in [6.45, 7) is 4.01. The van der Waals surface area contributed by atoms with Crippen molar-refractivity contribution in [1.82, 2.24) is 9.80 Å². The summed E-state index contributed by atoms with van der Waals surface area (Å²) in [6, 6.07) is 8.50. The van der Waals surface area contributed by atoms with Crippen LogP contribution in [0.2, 0.25) is 0 Å². The first-order valence-corrected chi connectivity index (χ1v) is 9.78. The van der Waals surface area contributed by atoms with Crippen LogP contribution in [0.1, 0.15) is 33.6 Å². The molecule has 0 bridgehead atoms. The summed E-state index contributed by atoms with van der Waals surface area (Å²) in [5, 5.41) is 2.02. The smallest absolute Gasteiger partial charge is 0.253 e. The zero-order valence-electron chi connectivity index (χ0n) is 14.9. The molecule has 0 atom stereocenters. The van der Waals surface area contributed by atoms with E-state index in [2.05, 4.69) is 0 Å². The Kier molecular flexibility index (Phi) is 6.04. The molecule has 26 heavy (non-hydrogen) atoms. The standard InChI is InChI=1S/C20H23FN2O2S/c1-15-14-16(5-7-18(15)21)20(25)23-10-3-9-22(11-12-23)19(24)8-6-17-4-2-13-26-17/h2,4-5,7,13-14H,3,6,8-12H2,1H3. The van der Waals surface area contributed by atoms with E-state index >= 15 is 0 Å². The number of halogens is 1. The Labute approximate surface area is 157 Å². The fraction of sp³-hybridized carbons (Fsp3) is 0.400. The molecule has 2 amide bonds. The SMILES string of the molecule is Cc1cc(C(=O)N2CCCN(C(=O)CCc3cccs3)CC2)ccc1F. The molecular weight excluding hydrogens is 351 g/mol. The van der Waals surface area contributed by atoms with Gasteiger partial charge in [-0.15, -0.1) is 11.3 Å². The predicted octanol–water partition coefficient (Wildman–Crippen LogP) is 3.50. The van der Waals surface area contributed by atoms with Crippen molar-refractivity contribution in [3.8, 4) is 0 Å². The Balaban J connectivity index is 1.56. The zero-order valence-corrected chi connectivity index (χ0v) is 15.7. The lowest BCUT2D eigenvalue weighted by Gasteiger charge is -2.22. The van der Waals surface area contributed by atoms with E-state index in [0.29, 0.717) is 43.7 Å². The highest BCUT2D eigenvalue weighted by atomic mass is 32.1. The lowest BCUT2D eigenvalue weighted by Crippen LogP contribution is -2.37. The number of rotatable bonds is 4. The Bertz CT molecular complexity index is 776. The fourth-order valence-corrected chi connectivity index (χ4v) is 3.88. The number of thiophene rings is 1. The molecule has 1 aromatic heterocycles. The van der Waals surface area contributed by atoms with Crippen molar-refractivity contribution in [2.75, 3.05) is 26.2 Å². The van der Waals surface area contributed by atoms with Gasteiger partial charge in [-0.05, 0) is 55.0 Å². The van der Waals surface area contributed by atoms with Crippen LogP contribution >= 0.6 is 11.3 Å². The molecule has 4 nitrogen and oxygen atoms in total. The molecule has 1 fully saturated rings. The molecular formula is C20H23FN2O2S. The minimum absolute atomic E-state index is 0.0963. The van der Waals surface area contributed by atoms with Gasteiger partial charge in [-0.2, -0.15) is 0 Å². The maximum atomic E-state index is 13.4. The van der Waals surface area contributed by atoms with Crippen LogP contribution in [-0.2, 0) is 11.2 Å². The summed E-state index contributed by atoms with van der Waals surface area (Å²) in [5.74, 6) is -0.258. The summed E-state index contributed by atoms with van der Waals surface area (Å²) in [6.07, 6.45) is 2.03. The molecule has 6 heteroatoms. The highest BCUT2D eigenvalue weighted by Crippen LogP contribution is 2.15. The van der Waals surface area contributed by atoms with E-state index in [-0.39, 0.29) is 17.6 Å². The molecule has 0 radical (unpaired) electrons. The molecule has 3 rings (SSSR count). The Morgan fingerprint density at radius 3 is 2.62 bits per heavy atom. The van der Waals surface area contributed by atoms with E-state index in [4.69, 9.17) is 0 Å². The van der Waals surface area contributed by atoms with Gasteiger partial charge in [-0.3, -0.25) is 9.59 Å². The van der Waals surface area contributed by atoms with E-state index in [0.717, 1.165) is 12.8 Å². The van der Waals surface area contributed by atoms with Crippen molar-refractivity contribution >= 4 is 23.2 Å². The fourth-order valence-electron chi connectivity index (χ4n) is 3.17. The minimum atomic E-state index is -0.306. The van der Waals surface area contributed by atoms with E-state index in [9.17, 15) is 14.0 Å². The number of benzene rings is 1. The second kappa shape index (κ2) is 8.45. The third-order valence-electron chi connectivity index (χ3n) is 4.71. The van der Waals surface area contributed by atoms with Crippen LogP contribution < -0.4 is 0 Å². The number of carbonyl (C=O) groups is 2. The Hall–Kier alpha value is -2.21. The van der Waals surface area contributed by atoms with E-state index in [1.807, 2.05) is 22.4 Å². The number of hydrogen-bond acceptors (Lipinski definition) is 3. The van der Waals surface area contributed by atoms with Crippen LogP contribution in [0.25, 0.3) is 0 Å². The van der Waals surface area contributed by atoms with Crippen molar-refractivity contribution < 1.29 is 14.0 Å². The van der Waals surface area contributed by atoms with Crippen LogP contribution in [0, 0.1) is 12.7 Å². The van der Waals surface area contributed by atoms with E-state index in [1.54, 1.807) is 29.2 Å².